The van der Waals surface area contributed by atoms with Crippen molar-refractivity contribution in [2.75, 3.05) is 0 Å². The van der Waals surface area contributed by atoms with E-state index in [0.717, 1.165) is 6.42 Å². The van der Waals surface area contributed by atoms with E-state index in [4.69, 9.17) is 13.0 Å². The summed E-state index contributed by atoms with van der Waals surface area (Å²) in [5.41, 5.74) is -5.53. The highest BCUT2D eigenvalue weighted by Crippen LogP contribution is 2.20. The highest BCUT2D eigenvalue weighted by Gasteiger charge is 2.44. The Morgan fingerprint density at radius 1 is 1.38 bits per heavy atom. The molecule has 0 spiro atoms. The molecule has 7 heteroatoms. The molecule has 0 bridgehead atoms. The van der Waals surface area contributed by atoms with Gasteiger partial charge in [-0.15, -0.1) is 11.8 Å². The SMILES string of the molecule is CC#CCC.O=S(=O)(O)C(F)(F)F. The van der Waals surface area contributed by atoms with Crippen molar-refractivity contribution in [2.24, 2.45) is 0 Å². The van der Waals surface area contributed by atoms with E-state index >= 15 is 0 Å². The topological polar surface area (TPSA) is 54.4 Å². The van der Waals surface area contributed by atoms with E-state index in [1.807, 2.05) is 13.8 Å². The smallest absolute Gasteiger partial charge is 0.279 e. The molecule has 13 heavy (non-hydrogen) atoms. The Hall–Kier alpha value is -0.740. The van der Waals surface area contributed by atoms with Gasteiger partial charge in [0.1, 0.15) is 0 Å². The lowest BCUT2D eigenvalue weighted by Gasteiger charge is -1.97. The van der Waals surface area contributed by atoms with Gasteiger partial charge in [0.25, 0.3) is 0 Å². The van der Waals surface area contributed by atoms with Crippen LogP contribution in [-0.4, -0.2) is 18.5 Å². The maximum absolute atomic E-state index is 10.7. The second-order valence-electron chi connectivity index (χ2n) is 1.70. The lowest BCUT2D eigenvalue weighted by atomic mass is 10.5. The van der Waals surface area contributed by atoms with Gasteiger partial charge in [-0.3, -0.25) is 4.55 Å². The lowest BCUT2D eigenvalue weighted by Crippen LogP contribution is -2.21. The molecule has 0 aliphatic heterocycles. The zero-order valence-corrected chi connectivity index (χ0v) is 7.83. The average molecular weight is 218 g/mol. The van der Waals surface area contributed by atoms with Crippen LogP contribution in [0.5, 0.6) is 0 Å². The standard InChI is InChI=1S/C5H8.CHF3O3S/c1-3-5-4-2;2-1(3,4)8(5,6)7/h3H2,1-2H3;(H,5,6,7). The molecule has 0 aliphatic carbocycles. The van der Waals surface area contributed by atoms with Crippen molar-refractivity contribution in [2.45, 2.75) is 25.8 Å². The quantitative estimate of drug-likeness (QED) is 0.383. The van der Waals surface area contributed by atoms with Gasteiger partial charge in [-0.1, -0.05) is 6.92 Å². The molecule has 3 nitrogen and oxygen atoms in total. The van der Waals surface area contributed by atoms with Crippen LogP contribution in [0.1, 0.15) is 20.3 Å². The van der Waals surface area contributed by atoms with Gasteiger partial charge >= 0.3 is 15.6 Å². The van der Waals surface area contributed by atoms with Crippen LogP contribution in [0.2, 0.25) is 0 Å². The zero-order chi connectivity index (χ0) is 11.1. The second-order valence-corrected chi connectivity index (χ2v) is 3.11. The van der Waals surface area contributed by atoms with Crippen molar-refractivity contribution in [1.82, 2.24) is 0 Å². The third kappa shape index (κ3) is 9.17. The normalized spacial score (nSPS) is 10.6. The largest absolute Gasteiger partial charge is 0.522 e. The average Bonchev–Trinajstić information content (AvgIpc) is 1.85. The molecule has 0 aromatic rings. The Morgan fingerprint density at radius 2 is 1.69 bits per heavy atom. The van der Waals surface area contributed by atoms with Crippen LogP contribution >= 0.6 is 0 Å². The first-order chi connectivity index (χ1) is 5.66. The molecule has 0 saturated carbocycles. The molecular weight excluding hydrogens is 209 g/mol. The van der Waals surface area contributed by atoms with Gasteiger partial charge in [-0.05, 0) is 6.92 Å². The fraction of sp³-hybridized carbons (Fsp3) is 0.667. The molecule has 0 rings (SSSR count). The summed E-state index contributed by atoms with van der Waals surface area (Å²) in [7, 11) is -5.84. The van der Waals surface area contributed by atoms with Crippen molar-refractivity contribution < 1.29 is 26.1 Å². The molecule has 0 aromatic carbocycles. The van der Waals surface area contributed by atoms with Crippen LogP contribution in [0.15, 0.2) is 0 Å². The highest BCUT2D eigenvalue weighted by molar-refractivity contribution is 7.86. The number of hydrogen-bond donors (Lipinski definition) is 1. The predicted molar refractivity (Wildman–Crippen MR) is 41.3 cm³/mol. The van der Waals surface area contributed by atoms with Crippen LogP contribution in [-0.2, 0) is 10.1 Å². The summed E-state index contributed by atoms with van der Waals surface area (Å²) in [5.74, 6) is 5.63. The Balaban J connectivity index is 0. The maximum Gasteiger partial charge on any atom is 0.522 e. The van der Waals surface area contributed by atoms with Gasteiger partial charge in [0.15, 0.2) is 0 Å². The van der Waals surface area contributed by atoms with E-state index in [9.17, 15) is 13.2 Å². The summed E-state index contributed by atoms with van der Waals surface area (Å²) in [6.45, 7) is 3.89. The summed E-state index contributed by atoms with van der Waals surface area (Å²) < 4.78 is 57.5. The first-order valence-electron chi connectivity index (χ1n) is 3.10. The van der Waals surface area contributed by atoms with Crippen molar-refractivity contribution in [1.29, 1.82) is 0 Å². The molecule has 0 radical (unpaired) electrons. The molecule has 0 amide bonds. The van der Waals surface area contributed by atoms with Crippen LogP contribution < -0.4 is 0 Å². The third-order valence-corrected chi connectivity index (χ3v) is 1.23. The van der Waals surface area contributed by atoms with Crippen molar-refractivity contribution in [3.63, 3.8) is 0 Å². The number of halogens is 3. The maximum atomic E-state index is 10.7. The first kappa shape index (κ1) is 14.8. The Kier molecular flexibility index (Phi) is 6.62. The third-order valence-electron chi connectivity index (χ3n) is 0.646. The summed E-state index contributed by atoms with van der Waals surface area (Å²) >= 11 is 0. The van der Waals surface area contributed by atoms with E-state index in [0.29, 0.717) is 0 Å². The minimum absolute atomic E-state index is 0.983. The van der Waals surface area contributed by atoms with Crippen molar-refractivity contribution in [3.8, 4) is 11.8 Å². The van der Waals surface area contributed by atoms with Gasteiger partial charge in [-0.2, -0.15) is 21.6 Å². The van der Waals surface area contributed by atoms with E-state index in [2.05, 4.69) is 11.8 Å². The van der Waals surface area contributed by atoms with Gasteiger partial charge < -0.3 is 0 Å². The summed E-state index contributed by atoms with van der Waals surface area (Å²) in [5, 5.41) is 0. The molecule has 1 N–H and O–H groups in total. The lowest BCUT2D eigenvalue weighted by molar-refractivity contribution is -0.0510. The molecule has 0 fully saturated rings. The molecule has 78 valence electrons. The monoisotopic (exact) mass is 218 g/mol. The predicted octanol–water partition coefficient (Wildman–Crippen LogP) is 1.81. The van der Waals surface area contributed by atoms with Crippen LogP contribution in [0.25, 0.3) is 0 Å². The van der Waals surface area contributed by atoms with E-state index in [1.165, 1.54) is 0 Å². The fourth-order valence-electron chi connectivity index (χ4n) is 0.177. The van der Waals surface area contributed by atoms with Crippen molar-refractivity contribution in [3.05, 3.63) is 0 Å². The van der Waals surface area contributed by atoms with E-state index < -0.39 is 15.6 Å². The minimum Gasteiger partial charge on any atom is -0.279 e. The number of hydrogen-bond acceptors (Lipinski definition) is 2. The molecule has 0 aromatic heterocycles. The minimum atomic E-state index is -5.84. The molecule has 0 heterocycles. The number of alkyl halides is 3. The Bertz CT molecular complexity index is 280. The molecule has 0 aliphatic rings. The molecular formula is C6H9F3O3S. The summed E-state index contributed by atoms with van der Waals surface area (Å²) in [6, 6.07) is 0. The summed E-state index contributed by atoms with van der Waals surface area (Å²) in [6.07, 6.45) is 0.983. The Labute approximate surface area is 74.7 Å². The fourth-order valence-corrected chi connectivity index (χ4v) is 0.177. The van der Waals surface area contributed by atoms with Crippen LogP contribution in [0.4, 0.5) is 13.2 Å². The Morgan fingerprint density at radius 3 is 1.69 bits per heavy atom. The molecule has 0 atom stereocenters. The molecule has 0 saturated heterocycles. The number of rotatable bonds is 0. The highest BCUT2D eigenvalue weighted by atomic mass is 32.2. The van der Waals surface area contributed by atoms with Crippen molar-refractivity contribution >= 4 is 10.1 Å². The van der Waals surface area contributed by atoms with Gasteiger partial charge in [0, 0.05) is 6.42 Å². The van der Waals surface area contributed by atoms with Gasteiger partial charge in [-0.25, -0.2) is 0 Å². The first-order valence-corrected chi connectivity index (χ1v) is 4.54. The van der Waals surface area contributed by atoms with Gasteiger partial charge in [0.2, 0.25) is 0 Å². The van der Waals surface area contributed by atoms with Crippen LogP contribution in [0.3, 0.4) is 0 Å². The van der Waals surface area contributed by atoms with E-state index in [-0.39, 0.29) is 0 Å². The zero-order valence-electron chi connectivity index (χ0n) is 7.01. The molecule has 0 unspecified atom stereocenters. The van der Waals surface area contributed by atoms with E-state index in [1.54, 1.807) is 0 Å². The van der Waals surface area contributed by atoms with Gasteiger partial charge in [0.05, 0.1) is 0 Å². The van der Waals surface area contributed by atoms with Crippen LogP contribution in [0, 0.1) is 11.8 Å². The second kappa shape index (κ2) is 5.83. The summed E-state index contributed by atoms with van der Waals surface area (Å²) in [4.78, 5) is 0.